The molecule has 210 valence electrons. The molecule has 8 atom stereocenters. The van der Waals surface area contributed by atoms with Crippen LogP contribution in [0.2, 0.25) is 0 Å². The summed E-state index contributed by atoms with van der Waals surface area (Å²) in [5.41, 5.74) is 1.02. The van der Waals surface area contributed by atoms with Crippen molar-refractivity contribution in [3.8, 4) is 0 Å². The van der Waals surface area contributed by atoms with E-state index in [4.69, 9.17) is 14.2 Å². The summed E-state index contributed by atoms with van der Waals surface area (Å²) in [6.45, 7) is 13.4. The van der Waals surface area contributed by atoms with Gasteiger partial charge in [-0.25, -0.2) is 0 Å². The SMILES string of the molecule is COC(=O)[C@]1(C)CC[C@]2(C)CC[C@]3(C)C4=CC=C5C(=CC(=O)[C@@](O)(OC)[C@@]5(C)OC)[C@]4(C)CC[C@@]3(C)[C@@H]2C1. The third kappa shape index (κ3) is 3.06. The lowest BCUT2D eigenvalue weighted by Crippen LogP contribution is -2.65. The Hall–Kier alpha value is -1.76. The summed E-state index contributed by atoms with van der Waals surface area (Å²) in [5.74, 6) is -2.27. The zero-order valence-corrected chi connectivity index (χ0v) is 24.7. The molecular weight excluding hydrogens is 480 g/mol. The standard InChI is InChI=1S/C32H46O6/c1-26-12-13-27(2,25(34)36-7)19-23(26)30(5)17-15-28(3)21-18-24(33)32(35,38-9)31(6,37-8)20(21)10-11-22(28)29(30,4)16-14-26/h10-11,18,23,35H,12-17,19H2,1-9H3/t23-,26-,27-,28+,29-,30+,31+,32-/m1/s1. The lowest BCUT2D eigenvalue weighted by Gasteiger charge is -2.70. The number of ether oxygens (including phenoxy) is 3. The first-order valence-corrected chi connectivity index (χ1v) is 14.2. The molecule has 0 bridgehead atoms. The molecule has 0 heterocycles. The molecule has 0 spiro atoms. The molecule has 0 amide bonds. The molecule has 5 aliphatic rings. The van der Waals surface area contributed by atoms with Gasteiger partial charge in [-0.2, -0.15) is 0 Å². The van der Waals surface area contributed by atoms with Gasteiger partial charge in [0, 0.05) is 19.6 Å². The highest BCUT2D eigenvalue weighted by atomic mass is 16.7. The molecule has 0 aromatic heterocycles. The van der Waals surface area contributed by atoms with E-state index in [-0.39, 0.29) is 27.6 Å². The first-order valence-electron chi connectivity index (χ1n) is 14.2. The van der Waals surface area contributed by atoms with Crippen LogP contribution in [0.3, 0.4) is 0 Å². The smallest absolute Gasteiger partial charge is 0.311 e. The molecule has 3 fully saturated rings. The molecule has 0 unspecified atom stereocenters. The van der Waals surface area contributed by atoms with Gasteiger partial charge in [-0.15, -0.1) is 0 Å². The van der Waals surface area contributed by atoms with Crippen LogP contribution < -0.4 is 0 Å². The lowest BCUT2D eigenvalue weighted by molar-refractivity contribution is -0.260. The number of carbonyl (C=O) groups is 2. The highest BCUT2D eigenvalue weighted by molar-refractivity contribution is 6.01. The number of hydrogen-bond donors (Lipinski definition) is 1. The van der Waals surface area contributed by atoms with Gasteiger partial charge in [0.2, 0.25) is 5.78 Å². The van der Waals surface area contributed by atoms with Crippen molar-refractivity contribution in [2.75, 3.05) is 21.3 Å². The highest BCUT2D eigenvalue weighted by Gasteiger charge is 2.69. The minimum atomic E-state index is -2.08. The maximum atomic E-state index is 13.4. The number of esters is 1. The van der Waals surface area contributed by atoms with Gasteiger partial charge in [-0.05, 0) is 98.2 Å². The van der Waals surface area contributed by atoms with Crippen molar-refractivity contribution in [3.63, 3.8) is 0 Å². The second kappa shape index (κ2) is 8.14. The van der Waals surface area contributed by atoms with Gasteiger partial charge in [0.15, 0.2) is 5.60 Å². The van der Waals surface area contributed by atoms with E-state index in [1.165, 1.54) is 26.9 Å². The Morgan fingerprint density at radius 3 is 2.13 bits per heavy atom. The number of ketones is 1. The molecule has 6 nitrogen and oxygen atoms in total. The van der Waals surface area contributed by atoms with Crippen LogP contribution in [0.4, 0.5) is 0 Å². The molecule has 0 aromatic rings. The second-order valence-corrected chi connectivity index (χ2v) is 14.2. The number of allylic oxidation sites excluding steroid dienone is 3. The fourth-order valence-corrected chi connectivity index (χ4v) is 9.66. The normalized spacial score (nSPS) is 49.9. The van der Waals surface area contributed by atoms with Crippen molar-refractivity contribution in [3.05, 3.63) is 34.9 Å². The number of aliphatic hydroxyl groups is 1. The molecule has 0 radical (unpaired) electrons. The number of methoxy groups -OCH3 is 3. The van der Waals surface area contributed by atoms with Crippen LogP contribution in [0.1, 0.15) is 86.5 Å². The molecule has 0 aromatic carbocycles. The molecule has 5 aliphatic carbocycles. The van der Waals surface area contributed by atoms with Gasteiger partial charge in [-0.3, -0.25) is 9.59 Å². The van der Waals surface area contributed by atoms with E-state index in [1.807, 2.05) is 6.08 Å². The Bertz CT molecular complexity index is 1180. The molecule has 0 saturated heterocycles. The molecule has 38 heavy (non-hydrogen) atoms. The van der Waals surface area contributed by atoms with Crippen molar-refractivity contribution in [2.45, 2.75) is 97.9 Å². The van der Waals surface area contributed by atoms with Crippen molar-refractivity contribution in [1.82, 2.24) is 0 Å². The van der Waals surface area contributed by atoms with Gasteiger partial charge >= 0.3 is 5.97 Å². The summed E-state index contributed by atoms with van der Waals surface area (Å²) in [6, 6.07) is 0. The van der Waals surface area contributed by atoms with Crippen LogP contribution in [0.5, 0.6) is 0 Å². The minimum absolute atomic E-state index is 0.0105. The number of fused-ring (bicyclic) bond motifs is 7. The first kappa shape index (κ1) is 27.8. The average Bonchev–Trinajstić information content (AvgIpc) is 2.89. The molecule has 6 heteroatoms. The number of carbonyl (C=O) groups excluding carboxylic acids is 2. The topological polar surface area (TPSA) is 82.1 Å². The minimum Gasteiger partial charge on any atom is -0.469 e. The van der Waals surface area contributed by atoms with Crippen LogP contribution in [-0.4, -0.2) is 49.6 Å². The molecule has 0 aliphatic heterocycles. The van der Waals surface area contributed by atoms with Gasteiger partial charge < -0.3 is 19.3 Å². The summed E-state index contributed by atoms with van der Waals surface area (Å²) in [4.78, 5) is 26.3. The van der Waals surface area contributed by atoms with E-state index in [0.29, 0.717) is 5.92 Å². The fourth-order valence-electron chi connectivity index (χ4n) is 9.66. The molecule has 5 rings (SSSR count). The van der Waals surface area contributed by atoms with E-state index in [9.17, 15) is 14.7 Å². The summed E-state index contributed by atoms with van der Waals surface area (Å²) < 4.78 is 16.5. The second-order valence-electron chi connectivity index (χ2n) is 14.2. The Labute approximate surface area is 227 Å². The van der Waals surface area contributed by atoms with Crippen LogP contribution in [0, 0.1) is 33.0 Å². The van der Waals surface area contributed by atoms with Crippen molar-refractivity contribution in [1.29, 1.82) is 0 Å². The summed E-state index contributed by atoms with van der Waals surface area (Å²) in [6.07, 6.45) is 12.7. The zero-order chi connectivity index (χ0) is 28.2. The van der Waals surface area contributed by atoms with E-state index >= 15 is 0 Å². The van der Waals surface area contributed by atoms with E-state index < -0.39 is 22.6 Å². The third-order valence-corrected chi connectivity index (χ3v) is 12.8. The Morgan fingerprint density at radius 2 is 1.53 bits per heavy atom. The first-order chi connectivity index (χ1) is 17.6. The largest absolute Gasteiger partial charge is 0.469 e. The predicted octanol–water partition coefficient (Wildman–Crippen LogP) is 5.69. The van der Waals surface area contributed by atoms with E-state index in [0.717, 1.165) is 56.1 Å². The monoisotopic (exact) mass is 526 g/mol. The van der Waals surface area contributed by atoms with Crippen LogP contribution >= 0.6 is 0 Å². The average molecular weight is 527 g/mol. The molecule has 1 N–H and O–H groups in total. The van der Waals surface area contributed by atoms with Gasteiger partial charge in [0.1, 0.15) is 0 Å². The lowest BCUT2D eigenvalue weighted by atomic mass is 9.34. The van der Waals surface area contributed by atoms with E-state index in [2.05, 4.69) is 40.7 Å². The summed E-state index contributed by atoms with van der Waals surface area (Å²) >= 11 is 0. The highest BCUT2D eigenvalue weighted by Crippen LogP contribution is 2.75. The number of hydrogen-bond acceptors (Lipinski definition) is 6. The summed E-state index contributed by atoms with van der Waals surface area (Å²) in [5, 5.41) is 11.3. The van der Waals surface area contributed by atoms with E-state index in [1.54, 1.807) is 13.0 Å². The Kier molecular flexibility index (Phi) is 5.95. The van der Waals surface area contributed by atoms with Gasteiger partial charge in [0.05, 0.1) is 12.5 Å². The van der Waals surface area contributed by atoms with Gasteiger partial charge in [0.25, 0.3) is 5.79 Å². The van der Waals surface area contributed by atoms with Crippen molar-refractivity contribution >= 4 is 11.8 Å². The van der Waals surface area contributed by atoms with Gasteiger partial charge in [-0.1, -0.05) is 45.4 Å². The number of rotatable bonds is 3. The van der Waals surface area contributed by atoms with Crippen molar-refractivity contribution < 1.29 is 28.9 Å². The van der Waals surface area contributed by atoms with Crippen LogP contribution in [-0.2, 0) is 23.8 Å². The summed E-state index contributed by atoms with van der Waals surface area (Å²) in [7, 11) is 4.37. The van der Waals surface area contributed by atoms with Crippen molar-refractivity contribution in [2.24, 2.45) is 33.0 Å². The van der Waals surface area contributed by atoms with Crippen LogP contribution in [0.25, 0.3) is 0 Å². The maximum absolute atomic E-state index is 13.4. The van der Waals surface area contributed by atoms with Crippen LogP contribution in [0.15, 0.2) is 34.9 Å². The zero-order valence-electron chi connectivity index (χ0n) is 24.7. The Balaban J connectivity index is 1.65. The molecule has 3 saturated carbocycles. The molecular formula is C32H46O6. The fraction of sp³-hybridized carbons (Fsp3) is 0.750. The third-order valence-electron chi connectivity index (χ3n) is 12.8. The maximum Gasteiger partial charge on any atom is 0.311 e. The Morgan fingerprint density at radius 1 is 0.868 bits per heavy atom. The quantitative estimate of drug-likeness (QED) is 0.376. The predicted molar refractivity (Wildman–Crippen MR) is 145 cm³/mol.